The van der Waals surface area contributed by atoms with Gasteiger partial charge in [0.05, 0.1) is 37.2 Å². The van der Waals surface area contributed by atoms with Gasteiger partial charge in [0, 0.05) is 11.9 Å². The fourth-order valence-electron chi connectivity index (χ4n) is 2.71. The molecule has 0 radical (unpaired) electrons. The van der Waals surface area contributed by atoms with Crippen LogP contribution in [-0.2, 0) is 17.8 Å². The number of esters is 1. The number of carbonyl (C=O) groups is 1. The van der Waals surface area contributed by atoms with Crippen molar-refractivity contribution in [2.45, 2.75) is 33.9 Å². The molecule has 0 amide bonds. The van der Waals surface area contributed by atoms with Crippen LogP contribution in [-0.4, -0.2) is 32.1 Å². The molecular weight excluding hydrogens is 316 g/mol. The lowest BCUT2D eigenvalue weighted by Crippen LogP contribution is -2.05. The largest absolute Gasteiger partial charge is 0.462 e. The quantitative estimate of drug-likeness (QED) is 0.648. The number of carbonyl (C=O) groups excluding carboxylic acids is 1. The first-order valence-corrected chi connectivity index (χ1v) is 8.33. The van der Waals surface area contributed by atoms with E-state index in [0.717, 1.165) is 23.5 Å². The Labute approximate surface area is 147 Å². The molecule has 2 aromatic heterocycles. The monoisotopic (exact) mass is 338 g/mol. The molecule has 0 unspecified atom stereocenters. The number of aryl methyl sites for hydroxylation is 2. The maximum Gasteiger partial charge on any atom is 0.341 e. The average Bonchev–Trinajstić information content (AvgIpc) is 3.16. The molecule has 0 fully saturated rings. The molecule has 0 N–H and O–H groups in total. The molecule has 0 aliphatic heterocycles. The molecule has 0 atom stereocenters. The van der Waals surface area contributed by atoms with Crippen LogP contribution in [0.4, 0.5) is 0 Å². The van der Waals surface area contributed by atoms with Crippen LogP contribution in [0.25, 0.3) is 0 Å². The Morgan fingerprint density at radius 1 is 1.12 bits per heavy atom. The number of aromatic nitrogens is 4. The van der Waals surface area contributed by atoms with Crippen molar-refractivity contribution in [2.24, 2.45) is 0 Å². The Kier molecular flexibility index (Phi) is 4.97. The lowest BCUT2D eigenvalue weighted by atomic mass is 10.1. The van der Waals surface area contributed by atoms with Gasteiger partial charge in [-0.1, -0.05) is 24.3 Å². The molecule has 0 saturated heterocycles. The van der Waals surface area contributed by atoms with Gasteiger partial charge in [0.25, 0.3) is 0 Å². The molecule has 1 aromatic carbocycles. The summed E-state index contributed by atoms with van der Waals surface area (Å²) in [5.74, 6) is -0.339. The third-order valence-electron chi connectivity index (χ3n) is 3.95. The second kappa shape index (κ2) is 7.34. The van der Waals surface area contributed by atoms with Gasteiger partial charge in [0.2, 0.25) is 0 Å². The van der Waals surface area contributed by atoms with Crippen molar-refractivity contribution in [2.75, 3.05) is 6.61 Å². The summed E-state index contributed by atoms with van der Waals surface area (Å²) in [6.07, 6.45) is 3.25. The van der Waals surface area contributed by atoms with E-state index >= 15 is 0 Å². The van der Waals surface area contributed by atoms with E-state index in [-0.39, 0.29) is 5.97 Å². The van der Waals surface area contributed by atoms with Crippen LogP contribution in [0.1, 0.15) is 39.8 Å². The molecule has 25 heavy (non-hydrogen) atoms. The first-order valence-electron chi connectivity index (χ1n) is 8.33. The molecule has 3 aromatic rings. The normalized spacial score (nSPS) is 10.8. The highest BCUT2D eigenvalue weighted by Gasteiger charge is 2.09. The Morgan fingerprint density at radius 3 is 2.40 bits per heavy atom. The highest BCUT2D eigenvalue weighted by molar-refractivity contribution is 5.88. The van der Waals surface area contributed by atoms with E-state index in [2.05, 4.69) is 47.5 Å². The zero-order chi connectivity index (χ0) is 17.8. The topological polar surface area (TPSA) is 61.9 Å². The van der Waals surface area contributed by atoms with E-state index in [0.29, 0.717) is 18.7 Å². The summed E-state index contributed by atoms with van der Waals surface area (Å²) in [7, 11) is 0. The van der Waals surface area contributed by atoms with Gasteiger partial charge >= 0.3 is 5.97 Å². The standard InChI is InChI=1S/C19H22N4O2/c1-4-25-19(24)18-10-20-22(13-18)11-16-5-7-17(8-6-16)12-23-15(3)9-14(2)21-23/h5-10,13H,4,11-12H2,1-3H3. The zero-order valence-corrected chi connectivity index (χ0v) is 14.8. The number of ether oxygens (including phenoxy) is 1. The number of hydrogen-bond donors (Lipinski definition) is 0. The average molecular weight is 338 g/mol. The van der Waals surface area contributed by atoms with Gasteiger partial charge in [-0.05, 0) is 38.0 Å². The predicted molar refractivity (Wildman–Crippen MR) is 94.5 cm³/mol. The number of rotatable bonds is 6. The van der Waals surface area contributed by atoms with Crippen molar-refractivity contribution in [1.82, 2.24) is 19.6 Å². The lowest BCUT2D eigenvalue weighted by molar-refractivity contribution is 0.0526. The summed E-state index contributed by atoms with van der Waals surface area (Å²) in [5, 5.41) is 8.71. The molecule has 6 heteroatoms. The van der Waals surface area contributed by atoms with Crippen LogP contribution in [0.5, 0.6) is 0 Å². The summed E-state index contributed by atoms with van der Waals surface area (Å²) in [6.45, 7) is 7.58. The van der Waals surface area contributed by atoms with Crippen molar-refractivity contribution >= 4 is 5.97 Å². The van der Waals surface area contributed by atoms with Gasteiger partial charge in [0.1, 0.15) is 0 Å². The number of benzene rings is 1. The van der Waals surface area contributed by atoms with E-state index in [1.54, 1.807) is 17.8 Å². The Hall–Kier alpha value is -2.89. The second-order valence-corrected chi connectivity index (χ2v) is 6.05. The Balaban J connectivity index is 1.64. The Morgan fingerprint density at radius 2 is 1.80 bits per heavy atom. The number of hydrogen-bond acceptors (Lipinski definition) is 4. The van der Waals surface area contributed by atoms with Crippen LogP contribution in [0.2, 0.25) is 0 Å². The molecule has 6 nitrogen and oxygen atoms in total. The molecular formula is C19H22N4O2. The lowest BCUT2D eigenvalue weighted by Gasteiger charge is -2.07. The van der Waals surface area contributed by atoms with E-state index in [9.17, 15) is 4.79 Å². The number of nitrogens with zero attached hydrogens (tertiary/aromatic N) is 4. The molecule has 130 valence electrons. The van der Waals surface area contributed by atoms with Gasteiger partial charge in [-0.2, -0.15) is 10.2 Å². The van der Waals surface area contributed by atoms with Crippen molar-refractivity contribution < 1.29 is 9.53 Å². The highest BCUT2D eigenvalue weighted by atomic mass is 16.5. The van der Waals surface area contributed by atoms with E-state index in [4.69, 9.17) is 4.74 Å². The summed E-state index contributed by atoms with van der Waals surface area (Å²) in [4.78, 5) is 11.7. The molecule has 0 aliphatic rings. The summed E-state index contributed by atoms with van der Waals surface area (Å²) in [5.41, 5.74) is 4.98. The summed E-state index contributed by atoms with van der Waals surface area (Å²) < 4.78 is 8.72. The third kappa shape index (κ3) is 4.15. The summed E-state index contributed by atoms with van der Waals surface area (Å²) in [6, 6.07) is 10.4. The smallest absolute Gasteiger partial charge is 0.341 e. The fraction of sp³-hybridized carbons (Fsp3) is 0.316. The second-order valence-electron chi connectivity index (χ2n) is 6.05. The fourth-order valence-corrected chi connectivity index (χ4v) is 2.71. The van der Waals surface area contributed by atoms with Crippen molar-refractivity contribution in [3.8, 4) is 0 Å². The van der Waals surface area contributed by atoms with Crippen LogP contribution in [0, 0.1) is 13.8 Å². The first kappa shape index (κ1) is 17.0. The predicted octanol–water partition coefficient (Wildman–Crippen LogP) is 2.97. The maximum atomic E-state index is 11.7. The van der Waals surface area contributed by atoms with Crippen molar-refractivity contribution in [3.05, 3.63) is 70.8 Å². The minimum atomic E-state index is -0.339. The molecule has 0 saturated carbocycles. The van der Waals surface area contributed by atoms with Gasteiger partial charge in [-0.25, -0.2) is 4.79 Å². The third-order valence-corrected chi connectivity index (χ3v) is 3.95. The molecule has 3 rings (SSSR count). The van der Waals surface area contributed by atoms with Crippen molar-refractivity contribution in [3.63, 3.8) is 0 Å². The van der Waals surface area contributed by atoms with Crippen LogP contribution in [0.3, 0.4) is 0 Å². The van der Waals surface area contributed by atoms with Gasteiger partial charge in [0.15, 0.2) is 0 Å². The SMILES string of the molecule is CCOC(=O)c1cnn(Cc2ccc(Cn3nc(C)cc3C)cc2)c1. The van der Waals surface area contributed by atoms with Crippen LogP contribution < -0.4 is 0 Å². The van der Waals surface area contributed by atoms with Gasteiger partial charge in [-0.15, -0.1) is 0 Å². The van der Waals surface area contributed by atoms with E-state index < -0.39 is 0 Å². The Bertz CT molecular complexity index is 862. The minimum Gasteiger partial charge on any atom is -0.462 e. The summed E-state index contributed by atoms with van der Waals surface area (Å²) >= 11 is 0. The van der Waals surface area contributed by atoms with Crippen molar-refractivity contribution in [1.29, 1.82) is 0 Å². The van der Waals surface area contributed by atoms with Crippen LogP contribution >= 0.6 is 0 Å². The van der Waals surface area contributed by atoms with E-state index in [1.807, 2.05) is 11.6 Å². The molecule has 0 aliphatic carbocycles. The van der Waals surface area contributed by atoms with Gasteiger partial charge in [-0.3, -0.25) is 9.36 Å². The first-order chi connectivity index (χ1) is 12.0. The van der Waals surface area contributed by atoms with Crippen LogP contribution in [0.15, 0.2) is 42.7 Å². The maximum absolute atomic E-state index is 11.7. The van der Waals surface area contributed by atoms with E-state index in [1.165, 1.54) is 11.8 Å². The van der Waals surface area contributed by atoms with Gasteiger partial charge < -0.3 is 4.74 Å². The molecule has 2 heterocycles. The zero-order valence-electron chi connectivity index (χ0n) is 14.8. The highest BCUT2D eigenvalue weighted by Crippen LogP contribution is 2.11. The minimum absolute atomic E-state index is 0.339. The molecule has 0 spiro atoms. The molecule has 0 bridgehead atoms.